The van der Waals surface area contributed by atoms with E-state index in [9.17, 15) is 13.2 Å². The molecule has 0 aliphatic heterocycles. The fourth-order valence-corrected chi connectivity index (χ4v) is 4.27. The summed E-state index contributed by atoms with van der Waals surface area (Å²) in [5, 5.41) is 8.99. The van der Waals surface area contributed by atoms with Crippen LogP contribution in [0, 0.1) is 5.92 Å². The highest BCUT2D eigenvalue weighted by molar-refractivity contribution is 7.89. The Hall–Kier alpha value is -2.19. The SMILES string of the molecule is O=C(O)[C@H]1CC[C@H](NS(=O)(=O)c2ccc(-c3ncc[nH]3)cc2)CC1. The quantitative estimate of drug-likeness (QED) is 0.764. The number of sulfonamides is 1. The Labute approximate surface area is 140 Å². The number of aromatic amines is 1. The molecule has 3 N–H and O–H groups in total. The van der Waals surface area contributed by atoms with Crippen LogP contribution < -0.4 is 4.72 Å². The molecule has 1 aliphatic carbocycles. The molecule has 2 aromatic rings. The first-order valence-corrected chi connectivity index (χ1v) is 9.29. The molecule has 0 amide bonds. The first kappa shape index (κ1) is 16.7. The molecule has 0 spiro atoms. The zero-order valence-electron chi connectivity index (χ0n) is 13.0. The van der Waals surface area contributed by atoms with Gasteiger partial charge in [-0.3, -0.25) is 4.79 Å². The maximum absolute atomic E-state index is 12.5. The van der Waals surface area contributed by atoms with E-state index in [-0.39, 0.29) is 16.9 Å². The molecule has 8 heteroatoms. The lowest BCUT2D eigenvalue weighted by molar-refractivity contribution is -0.142. The number of aliphatic carboxylic acids is 1. The minimum atomic E-state index is -3.61. The van der Waals surface area contributed by atoms with E-state index in [1.807, 2.05) is 0 Å². The molecule has 1 fully saturated rings. The number of nitrogens with zero attached hydrogens (tertiary/aromatic N) is 1. The third-order valence-electron chi connectivity index (χ3n) is 4.33. The largest absolute Gasteiger partial charge is 0.481 e. The van der Waals surface area contributed by atoms with Gasteiger partial charge in [0.25, 0.3) is 0 Å². The third-order valence-corrected chi connectivity index (χ3v) is 5.87. The van der Waals surface area contributed by atoms with Crippen LogP contribution in [0.15, 0.2) is 41.6 Å². The van der Waals surface area contributed by atoms with E-state index in [1.165, 1.54) is 0 Å². The van der Waals surface area contributed by atoms with Gasteiger partial charge < -0.3 is 10.1 Å². The van der Waals surface area contributed by atoms with Gasteiger partial charge in [-0.05, 0) is 49.9 Å². The van der Waals surface area contributed by atoms with Gasteiger partial charge in [0.15, 0.2) is 0 Å². The smallest absolute Gasteiger partial charge is 0.306 e. The standard InChI is InChI=1S/C16H19N3O4S/c20-16(21)12-1-5-13(6-2-12)19-24(22,23)14-7-3-11(4-8-14)15-17-9-10-18-15/h3-4,7-10,12-13,19H,1-2,5-6H2,(H,17,18)(H,20,21)/t12-,13-. The number of aromatic nitrogens is 2. The molecule has 128 valence electrons. The second-order valence-electron chi connectivity index (χ2n) is 5.97. The Morgan fingerprint density at radius 2 is 1.83 bits per heavy atom. The summed E-state index contributed by atoms with van der Waals surface area (Å²) in [4.78, 5) is 18.2. The molecule has 0 unspecified atom stereocenters. The molecule has 7 nitrogen and oxygen atoms in total. The zero-order valence-corrected chi connectivity index (χ0v) is 13.8. The lowest BCUT2D eigenvalue weighted by Crippen LogP contribution is -2.38. The van der Waals surface area contributed by atoms with Gasteiger partial charge in [0.05, 0.1) is 10.8 Å². The summed E-state index contributed by atoms with van der Waals surface area (Å²) in [7, 11) is -3.61. The van der Waals surface area contributed by atoms with Gasteiger partial charge in [-0.1, -0.05) is 0 Å². The van der Waals surface area contributed by atoms with Crippen molar-refractivity contribution in [3.05, 3.63) is 36.7 Å². The summed E-state index contributed by atoms with van der Waals surface area (Å²) in [5.41, 5.74) is 0.806. The molecule has 1 aromatic carbocycles. The summed E-state index contributed by atoms with van der Waals surface area (Å²) in [6.45, 7) is 0. The number of benzene rings is 1. The van der Waals surface area contributed by atoms with Gasteiger partial charge in [0, 0.05) is 24.0 Å². The first-order valence-electron chi connectivity index (χ1n) is 7.80. The van der Waals surface area contributed by atoms with Crippen LogP contribution in [0.1, 0.15) is 25.7 Å². The van der Waals surface area contributed by atoms with E-state index in [0.717, 1.165) is 5.56 Å². The average Bonchev–Trinajstić information content (AvgIpc) is 3.09. The van der Waals surface area contributed by atoms with Gasteiger partial charge in [-0.2, -0.15) is 0 Å². The molecular formula is C16H19N3O4S. The predicted octanol–water partition coefficient (Wildman–Crippen LogP) is 2.00. The average molecular weight is 349 g/mol. The highest BCUT2D eigenvalue weighted by atomic mass is 32.2. The fraction of sp³-hybridized carbons (Fsp3) is 0.375. The molecule has 24 heavy (non-hydrogen) atoms. The minimum absolute atomic E-state index is 0.193. The summed E-state index contributed by atoms with van der Waals surface area (Å²) in [5.74, 6) is -0.484. The molecule has 0 saturated heterocycles. The Morgan fingerprint density at radius 3 is 2.38 bits per heavy atom. The van der Waals surface area contributed by atoms with Crippen molar-refractivity contribution < 1.29 is 18.3 Å². The van der Waals surface area contributed by atoms with Crippen molar-refractivity contribution in [2.75, 3.05) is 0 Å². The topological polar surface area (TPSA) is 112 Å². The summed E-state index contributed by atoms with van der Waals surface area (Å²) >= 11 is 0. The Kier molecular flexibility index (Phi) is 4.68. The predicted molar refractivity (Wildman–Crippen MR) is 87.7 cm³/mol. The maximum Gasteiger partial charge on any atom is 0.306 e. The van der Waals surface area contributed by atoms with Gasteiger partial charge in [0.2, 0.25) is 10.0 Å². The number of carbonyl (C=O) groups is 1. The van der Waals surface area contributed by atoms with Gasteiger partial charge >= 0.3 is 5.97 Å². The maximum atomic E-state index is 12.5. The number of H-pyrrole nitrogens is 1. The molecular weight excluding hydrogens is 330 g/mol. The number of hydrogen-bond donors (Lipinski definition) is 3. The molecule has 1 heterocycles. The molecule has 0 bridgehead atoms. The minimum Gasteiger partial charge on any atom is -0.481 e. The Bertz CT molecular complexity index is 792. The number of rotatable bonds is 5. The molecule has 1 saturated carbocycles. The van der Waals surface area contributed by atoms with Crippen molar-refractivity contribution in [2.24, 2.45) is 5.92 Å². The summed E-state index contributed by atoms with van der Waals surface area (Å²) in [6.07, 6.45) is 5.42. The summed E-state index contributed by atoms with van der Waals surface area (Å²) in [6, 6.07) is 6.28. The highest BCUT2D eigenvalue weighted by Crippen LogP contribution is 2.26. The molecule has 1 aliphatic rings. The van der Waals surface area contributed by atoms with E-state index >= 15 is 0 Å². The van der Waals surface area contributed by atoms with Crippen LogP contribution in [0.5, 0.6) is 0 Å². The molecule has 3 rings (SSSR count). The van der Waals surface area contributed by atoms with Crippen molar-refractivity contribution >= 4 is 16.0 Å². The van der Waals surface area contributed by atoms with E-state index < -0.39 is 16.0 Å². The van der Waals surface area contributed by atoms with Crippen LogP contribution in [0.3, 0.4) is 0 Å². The Balaban J connectivity index is 1.66. The monoisotopic (exact) mass is 349 g/mol. The number of nitrogens with one attached hydrogen (secondary N) is 2. The van der Waals surface area contributed by atoms with Crippen LogP contribution in [0.25, 0.3) is 11.4 Å². The second-order valence-corrected chi connectivity index (χ2v) is 7.68. The van der Waals surface area contributed by atoms with Crippen LogP contribution in [-0.4, -0.2) is 35.5 Å². The number of imidazole rings is 1. The van der Waals surface area contributed by atoms with Crippen molar-refractivity contribution in [1.29, 1.82) is 0 Å². The zero-order chi connectivity index (χ0) is 17.2. The van der Waals surface area contributed by atoms with E-state index in [4.69, 9.17) is 5.11 Å². The van der Waals surface area contributed by atoms with E-state index in [2.05, 4.69) is 14.7 Å². The number of carboxylic acid groups (broad SMARTS) is 1. The van der Waals surface area contributed by atoms with Crippen LogP contribution >= 0.6 is 0 Å². The number of carboxylic acids is 1. The number of hydrogen-bond acceptors (Lipinski definition) is 4. The van der Waals surface area contributed by atoms with Gasteiger partial charge in [-0.25, -0.2) is 18.1 Å². The van der Waals surface area contributed by atoms with Crippen molar-refractivity contribution in [2.45, 2.75) is 36.6 Å². The molecule has 0 radical (unpaired) electrons. The highest BCUT2D eigenvalue weighted by Gasteiger charge is 2.28. The Morgan fingerprint density at radius 1 is 1.17 bits per heavy atom. The normalized spacial score (nSPS) is 21.5. The van der Waals surface area contributed by atoms with Crippen molar-refractivity contribution in [3.8, 4) is 11.4 Å². The first-order chi connectivity index (χ1) is 11.5. The summed E-state index contributed by atoms with van der Waals surface area (Å²) < 4.78 is 27.6. The molecule has 1 aromatic heterocycles. The third kappa shape index (κ3) is 3.65. The van der Waals surface area contributed by atoms with E-state index in [1.54, 1.807) is 36.7 Å². The van der Waals surface area contributed by atoms with Crippen LogP contribution in [0.2, 0.25) is 0 Å². The van der Waals surface area contributed by atoms with Gasteiger partial charge in [-0.15, -0.1) is 0 Å². The molecule has 0 atom stereocenters. The fourth-order valence-electron chi connectivity index (χ4n) is 2.96. The van der Waals surface area contributed by atoms with Crippen molar-refractivity contribution in [1.82, 2.24) is 14.7 Å². The van der Waals surface area contributed by atoms with Gasteiger partial charge in [0.1, 0.15) is 5.82 Å². The van der Waals surface area contributed by atoms with E-state index in [0.29, 0.717) is 31.5 Å². The van der Waals surface area contributed by atoms with Crippen molar-refractivity contribution in [3.63, 3.8) is 0 Å². The second kappa shape index (κ2) is 6.74. The lowest BCUT2D eigenvalue weighted by atomic mass is 9.87. The van der Waals surface area contributed by atoms with Crippen LogP contribution in [-0.2, 0) is 14.8 Å². The van der Waals surface area contributed by atoms with Crippen LogP contribution in [0.4, 0.5) is 0 Å². The lowest BCUT2D eigenvalue weighted by Gasteiger charge is -2.26.